The number of hydrogen-bond donors (Lipinski definition) is 2. The smallest absolute Gasteiger partial charge is 0.251 e. The van der Waals surface area contributed by atoms with Crippen LogP contribution in [-0.4, -0.2) is 39.3 Å². The predicted molar refractivity (Wildman–Crippen MR) is 96.0 cm³/mol. The summed E-state index contributed by atoms with van der Waals surface area (Å²) < 4.78 is 11.0. The summed E-state index contributed by atoms with van der Waals surface area (Å²) in [4.78, 5) is 12.1. The lowest BCUT2D eigenvalue weighted by Crippen LogP contribution is -2.37. The zero-order valence-electron chi connectivity index (χ0n) is 14.6. The minimum absolute atomic E-state index is 0. The van der Waals surface area contributed by atoms with Gasteiger partial charge in [0.1, 0.15) is 0 Å². The zero-order valence-corrected chi connectivity index (χ0v) is 15.5. The van der Waals surface area contributed by atoms with Crippen LogP contribution >= 0.6 is 12.4 Å². The first-order valence-corrected chi connectivity index (χ1v) is 7.74. The Balaban J connectivity index is 0.00000484. The third-order valence-electron chi connectivity index (χ3n) is 3.44. The normalized spacial score (nSPS) is 11.6. The summed E-state index contributed by atoms with van der Waals surface area (Å²) in [6, 6.07) is 5.48. The summed E-state index contributed by atoms with van der Waals surface area (Å²) in [6.45, 7) is 7.52. The van der Waals surface area contributed by atoms with Gasteiger partial charge in [-0.1, -0.05) is 13.8 Å². The van der Waals surface area contributed by atoms with Crippen LogP contribution in [-0.2, 0) is 0 Å². The molecule has 2 N–H and O–H groups in total. The Hall–Kier alpha value is -1.46. The van der Waals surface area contributed by atoms with E-state index in [9.17, 15) is 4.79 Å². The van der Waals surface area contributed by atoms with E-state index in [2.05, 4.69) is 24.5 Å². The van der Waals surface area contributed by atoms with E-state index in [-0.39, 0.29) is 24.4 Å². The molecule has 0 fully saturated rings. The average molecular weight is 345 g/mol. The topological polar surface area (TPSA) is 59.6 Å². The van der Waals surface area contributed by atoms with Crippen molar-refractivity contribution >= 4 is 18.3 Å². The van der Waals surface area contributed by atoms with E-state index >= 15 is 0 Å². The number of halogens is 1. The molecule has 0 heterocycles. The maximum absolute atomic E-state index is 12.1. The zero-order chi connectivity index (χ0) is 16.5. The van der Waals surface area contributed by atoms with Gasteiger partial charge in [0.15, 0.2) is 11.5 Å². The van der Waals surface area contributed by atoms with Gasteiger partial charge in [-0.15, -0.1) is 12.4 Å². The monoisotopic (exact) mass is 344 g/mol. The van der Waals surface area contributed by atoms with Gasteiger partial charge in [0.25, 0.3) is 5.91 Å². The lowest BCUT2D eigenvalue weighted by Gasteiger charge is -2.14. The van der Waals surface area contributed by atoms with Crippen molar-refractivity contribution in [1.29, 1.82) is 0 Å². The van der Waals surface area contributed by atoms with Crippen molar-refractivity contribution in [2.45, 2.75) is 33.2 Å². The number of benzene rings is 1. The van der Waals surface area contributed by atoms with Crippen molar-refractivity contribution in [2.75, 3.05) is 27.3 Å². The van der Waals surface area contributed by atoms with E-state index in [0.29, 0.717) is 36.1 Å². The SMILES string of the molecule is CNC(C)CNC(=O)c1ccc(OCCC(C)C)c(OC)c1.Cl. The highest BCUT2D eigenvalue weighted by Crippen LogP contribution is 2.28. The predicted octanol–water partition coefficient (Wildman–Crippen LogP) is 2.88. The molecule has 0 saturated carbocycles. The molecule has 0 aliphatic rings. The number of nitrogens with one attached hydrogen (secondary N) is 2. The number of likely N-dealkylation sites (N-methyl/N-ethyl adjacent to an activating group) is 1. The van der Waals surface area contributed by atoms with Crippen molar-refractivity contribution in [2.24, 2.45) is 5.92 Å². The molecule has 0 saturated heterocycles. The third kappa shape index (κ3) is 7.57. The number of hydrogen-bond acceptors (Lipinski definition) is 4. The van der Waals surface area contributed by atoms with Crippen LogP contribution in [0.2, 0.25) is 0 Å². The van der Waals surface area contributed by atoms with Gasteiger partial charge in [0.2, 0.25) is 0 Å². The van der Waals surface area contributed by atoms with E-state index in [1.54, 1.807) is 25.3 Å². The van der Waals surface area contributed by atoms with Crippen molar-refractivity contribution in [3.63, 3.8) is 0 Å². The molecule has 1 aromatic rings. The standard InChI is InChI=1S/C17H28N2O3.ClH/c1-12(2)8-9-22-15-7-6-14(10-16(15)21-5)17(20)19-11-13(3)18-4;/h6-7,10,12-13,18H,8-9,11H2,1-5H3,(H,19,20);1H. The molecule has 1 amide bonds. The fourth-order valence-electron chi connectivity index (χ4n) is 1.78. The van der Waals surface area contributed by atoms with Crippen molar-refractivity contribution in [3.8, 4) is 11.5 Å². The lowest BCUT2D eigenvalue weighted by molar-refractivity contribution is 0.0950. The molecule has 1 aromatic carbocycles. The Morgan fingerprint density at radius 3 is 2.48 bits per heavy atom. The van der Waals surface area contributed by atoms with Gasteiger partial charge >= 0.3 is 0 Å². The Bertz CT molecular complexity index is 481. The number of ether oxygens (including phenoxy) is 2. The Morgan fingerprint density at radius 2 is 1.91 bits per heavy atom. The Kier molecular flexibility index (Phi) is 10.4. The summed E-state index contributed by atoms with van der Waals surface area (Å²) in [5.41, 5.74) is 0.566. The fraction of sp³-hybridized carbons (Fsp3) is 0.588. The summed E-state index contributed by atoms with van der Waals surface area (Å²) in [5.74, 6) is 1.72. The molecular weight excluding hydrogens is 316 g/mol. The third-order valence-corrected chi connectivity index (χ3v) is 3.44. The molecule has 6 heteroatoms. The van der Waals surface area contributed by atoms with Gasteiger partial charge in [-0.05, 0) is 44.5 Å². The molecule has 0 spiro atoms. The lowest BCUT2D eigenvalue weighted by atomic mass is 10.1. The number of carbonyl (C=O) groups is 1. The summed E-state index contributed by atoms with van der Waals surface area (Å²) in [5, 5.41) is 5.96. The fourth-order valence-corrected chi connectivity index (χ4v) is 1.78. The van der Waals surface area contributed by atoms with E-state index in [0.717, 1.165) is 6.42 Å². The number of methoxy groups -OCH3 is 1. The number of carbonyl (C=O) groups excluding carboxylic acids is 1. The molecule has 0 aliphatic heterocycles. The van der Waals surface area contributed by atoms with E-state index in [4.69, 9.17) is 9.47 Å². The molecule has 23 heavy (non-hydrogen) atoms. The molecule has 0 aromatic heterocycles. The number of rotatable bonds is 9. The van der Waals surface area contributed by atoms with Crippen LogP contribution in [0.25, 0.3) is 0 Å². The highest BCUT2D eigenvalue weighted by Gasteiger charge is 2.12. The maximum Gasteiger partial charge on any atom is 0.251 e. The van der Waals surface area contributed by atoms with E-state index in [1.807, 2.05) is 14.0 Å². The van der Waals surface area contributed by atoms with E-state index in [1.165, 1.54) is 0 Å². The second kappa shape index (κ2) is 11.1. The van der Waals surface area contributed by atoms with Crippen molar-refractivity contribution in [3.05, 3.63) is 23.8 Å². The second-order valence-corrected chi connectivity index (χ2v) is 5.80. The molecule has 132 valence electrons. The van der Waals surface area contributed by atoms with Crippen LogP contribution in [0.4, 0.5) is 0 Å². The molecule has 5 nitrogen and oxygen atoms in total. The van der Waals surface area contributed by atoms with Gasteiger partial charge in [0.05, 0.1) is 13.7 Å². The van der Waals surface area contributed by atoms with Gasteiger partial charge in [0, 0.05) is 18.2 Å². The molecule has 1 atom stereocenters. The Morgan fingerprint density at radius 1 is 1.22 bits per heavy atom. The summed E-state index contributed by atoms with van der Waals surface area (Å²) >= 11 is 0. The molecular formula is C17H29ClN2O3. The summed E-state index contributed by atoms with van der Waals surface area (Å²) in [7, 11) is 3.44. The highest BCUT2D eigenvalue weighted by molar-refractivity contribution is 5.94. The van der Waals surface area contributed by atoms with Crippen LogP contribution in [0.3, 0.4) is 0 Å². The molecule has 0 radical (unpaired) electrons. The molecule has 0 bridgehead atoms. The first-order chi connectivity index (χ1) is 10.5. The van der Waals surface area contributed by atoms with Gasteiger partial charge in [-0.25, -0.2) is 0 Å². The second-order valence-electron chi connectivity index (χ2n) is 5.80. The van der Waals surface area contributed by atoms with Gasteiger partial charge in [-0.2, -0.15) is 0 Å². The molecule has 1 rings (SSSR count). The van der Waals surface area contributed by atoms with Crippen molar-refractivity contribution < 1.29 is 14.3 Å². The molecule has 1 unspecified atom stereocenters. The van der Waals surface area contributed by atoms with Gasteiger partial charge < -0.3 is 20.1 Å². The van der Waals surface area contributed by atoms with Crippen LogP contribution in [0, 0.1) is 5.92 Å². The minimum Gasteiger partial charge on any atom is -0.493 e. The minimum atomic E-state index is -0.117. The Labute approximate surface area is 145 Å². The largest absolute Gasteiger partial charge is 0.493 e. The number of amides is 1. The van der Waals surface area contributed by atoms with Crippen LogP contribution in [0.15, 0.2) is 18.2 Å². The maximum atomic E-state index is 12.1. The van der Waals surface area contributed by atoms with Crippen molar-refractivity contribution in [1.82, 2.24) is 10.6 Å². The van der Waals surface area contributed by atoms with Crippen LogP contribution < -0.4 is 20.1 Å². The van der Waals surface area contributed by atoms with Crippen LogP contribution in [0.5, 0.6) is 11.5 Å². The highest BCUT2D eigenvalue weighted by atomic mass is 35.5. The first kappa shape index (κ1) is 21.5. The van der Waals surface area contributed by atoms with Crippen LogP contribution in [0.1, 0.15) is 37.6 Å². The quantitative estimate of drug-likeness (QED) is 0.723. The first-order valence-electron chi connectivity index (χ1n) is 7.74. The van der Waals surface area contributed by atoms with Gasteiger partial charge in [-0.3, -0.25) is 4.79 Å². The summed E-state index contributed by atoms with van der Waals surface area (Å²) in [6.07, 6.45) is 0.979. The average Bonchev–Trinajstić information content (AvgIpc) is 2.51. The van der Waals surface area contributed by atoms with E-state index < -0.39 is 0 Å². The molecule has 0 aliphatic carbocycles.